The Labute approximate surface area is 380 Å². The summed E-state index contributed by atoms with van der Waals surface area (Å²) in [7, 11) is 3.31. The number of phenolic OH excluding ortho intramolecular Hbond substituents is 1. The molecule has 1 aromatic heterocycles. The van der Waals surface area contributed by atoms with Gasteiger partial charge in [0.05, 0.1) is 24.3 Å². The summed E-state index contributed by atoms with van der Waals surface area (Å²) in [5.41, 5.74) is 10.1. The third-order valence-corrected chi connectivity index (χ3v) is 14.0. The Morgan fingerprint density at radius 2 is 1.83 bits per heavy atom. The zero-order chi connectivity index (χ0) is 46.5. The van der Waals surface area contributed by atoms with Crippen LogP contribution in [0.15, 0.2) is 73.3 Å². The van der Waals surface area contributed by atoms with Crippen molar-refractivity contribution in [2.24, 2.45) is 17.3 Å². The molecule has 6 bridgehead atoms. The number of methoxy groups -OCH3 is 1. The second-order valence-corrected chi connectivity index (χ2v) is 19.1. The van der Waals surface area contributed by atoms with E-state index < -0.39 is 47.2 Å². The van der Waals surface area contributed by atoms with Gasteiger partial charge >= 0.3 is 5.97 Å². The van der Waals surface area contributed by atoms with Gasteiger partial charge in [-0.25, -0.2) is 5.43 Å². The molecule has 3 N–H and O–H groups in total. The molecule has 65 heavy (non-hydrogen) atoms. The van der Waals surface area contributed by atoms with Crippen LogP contribution in [-0.2, 0) is 46.4 Å². The van der Waals surface area contributed by atoms with E-state index in [4.69, 9.17) is 9.47 Å². The third-order valence-electron chi connectivity index (χ3n) is 14.0. The maximum atomic E-state index is 14.8. The molecule has 8 rings (SSSR count). The fourth-order valence-electron chi connectivity index (χ4n) is 10.9. The topological polar surface area (TPSA) is 163 Å². The van der Waals surface area contributed by atoms with Crippen molar-refractivity contribution in [3.63, 3.8) is 0 Å². The summed E-state index contributed by atoms with van der Waals surface area (Å²) < 4.78 is 15.0. The monoisotopic (exact) mass is 886 g/mol. The van der Waals surface area contributed by atoms with Gasteiger partial charge < -0.3 is 34.3 Å². The first-order chi connectivity index (χ1) is 31.1. The van der Waals surface area contributed by atoms with Crippen molar-refractivity contribution in [3.05, 3.63) is 90.0 Å². The number of fused-ring (bicyclic) bond motifs is 8. The molecule has 1 aliphatic carbocycles. The molecule has 3 aliphatic heterocycles. The van der Waals surface area contributed by atoms with Crippen LogP contribution in [-0.4, -0.2) is 113 Å². The van der Waals surface area contributed by atoms with Gasteiger partial charge in [0.25, 0.3) is 5.91 Å². The SMILES string of the molecule is C=CC(=O)N1CC[C@H](C(=O)N(C)[C@H](C(=O)N[C@H]2Cc3cc(O)cc(c3)-c3ccc4c(c3)c3c(n4CC)-c4ccccc4[C@@H](OC)C3C(C)(C)COC(=O)[C@@H]3CCCN(N3)C2=O)C(C)C)C1. The van der Waals surface area contributed by atoms with Crippen LogP contribution >= 0.6 is 0 Å². The van der Waals surface area contributed by atoms with Crippen molar-refractivity contribution in [2.45, 2.75) is 97.0 Å². The number of amides is 4. The molecule has 4 heterocycles. The lowest BCUT2D eigenvalue weighted by atomic mass is 9.66. The molecule has 344 valence electrons. The number of hydrazine groups is 1. The minimum Gasteiger partial charge on any atom is -0.508 e. The Balaban J connectivity index is 1.21. The normalized spacial score (nSPS) is 23.4. The number of esters is 1. The first-order valence-electron chi connectivity index (χ1n) is 22.9. The van der Waals surface area contributed by atoms with E-state index in [1.54, 1.807) is 31.2 Å². The summed E-state index contributed by atoms with van der Waals surface area (Å²) in [6.07, 6.45) is 2.27. The van der Waals surface area contributed by atoms with Crippen molar-refractivity contribution < 1.29 is 38.6 Å². The summed E-state index contributed by atoms with van der Waals surface area (Å²) in [5, 5.41) is 16.8. The van der Waals surface area contributed by atoms with E-state index in [1.807, 2.05) is 38.1 Å². The highest BCUT2D eigenvalue weighted by Gasteiger charge is 2.47. The third kappa shape index (κ3) is 8.42. The molecule has 14 nitrogen and oxygen atoms in total. The zero-order valence-electron chi connectivity index (χ0n) is 38.6. The van der Waals surface area contributed by atoms with Gasteiger partial charge in [-0.3, -0.25) is 29.0 Å². The predicted molar refractivity (Wildman–Crippen MR) is 247 cm³/mol. The van der Waals surface area contributed by atoms with E-state index in [9.17, 15) is 29.1 Å². The maximum Gasteiger partial charge on any atom is 0.324 e. The van der Waals surface area contributed by atoms with E-state index in [0.717, 1.165) is 44.4 Å². The molecule has 2 fully saturated rings. The highest BCUT2D eigenvalue weighted by atomic mass is 16.5. The number of nitrogens with one attached hydrogen (secondary N) is 2. The Hall–Kier alpha value is -5.99. The lowest BCUT2D eigenvalue weighted by molar-refractivity contribution is -0.156. The van der Waals surface area contributed by atoms with Crippen LogP contribution in [0.3, 0.4) is 0 Å². The number of hydrogen-bond donors (Lipinski definition) is 3. The van der Waals surface area contributed by atoms with Crippen LogP contribution in [0.5, 0.6) is 5.75 Å². The summed E-state index contributed by atoms with van der Waals surface area (Å²) in [4.78, 5) is 72.6. The number of aromatic hydroxyl groups is 1. The average Bonchev–Trinajstić information content (AvgIpc) is 3.92. The summed E-state index contributed by atoms with van der Waals surface area (Å²) >= 11 is 0. The van der Waals surface area contributed by atoms with E-state index >= 15 is 0 Å². The number of cyclic esters (lactones) is 1. The predicted octanol–water partition coefficient (Wildman–Crippen LogP) is 6.11. The van der Waals surface area contributed by atoms with Crippen LogP contribution in [0.4, 0.5) is 0 Å². The first kappa shape index (κ1) is 45.6. The highest BCUT2D eigenvalue weighted by Crippen LogP contribution is 2.57. The highest BCUT2D eigenvalue weighted by molar-refractivity contribution is 5.98. The quantitative estimate of drug-likeness (QED) is 0.140. The largest absolute Gasteiger partial charge is 0.508 e. The number of nitrogens with zero attached hydrogens (tertiary/aromatic N) is 4. The van der Waals surface area contributed by atoms with Crippen molar-refractivity contribution >= 4 is 40.5 Å². The Morgan fingerprint density at radius 1 is 1.06 bits per heavy atom. The number of aromatic nitrogens is 1. The van der Waals surface area contributed by atoms with E-state index in [0.29, 0.717) is 37.9 Å². The number of hydrogen-bond acceptors (Lipinski definition) is 9. The number of phenols is 1. The summed E-state index contributed by atoms with van der Waals surface area (Å²) in [6.45, 7) is 15.3. The molecule has 0 radical (unpaired) electrons. The number of rotatable bonds is 8. The second kappa shape index (κ2) is 18.1. The lowest BCUT2D eigenvalue weighted by Gasteiger charge is -2.43. The Bertz CT molecular complexity index is 2550. The smallest absolute Gasteiger partial charge is 0.324 e. The molecular weight excluding hydrogens is 825 g/mol. The molecule has 0 spiro atoms. The molecule has 0 saturated carbocycles. The van der Waals surface area contributed by atoms with Gasteiger partial charge in [-0.1, -0.05) is 70.7 Å². The first-order valence-corrected chi connectivity index (χ1v) is 22.9. The molecule has 3 aromatic carbocycles. The molecule has 2 saturated heterocycles. The molecule has 6 atom stereocenters. The van der Waals surface area contributed by atoms with Crippen LogP contribution in [0.1, 0.15) is 82.6 Å². The fraction of sp³-hybridized carbons (Fsp3) is 0.471. The van der Waals surface area contributed by atoms with E-state index in [2.05, 4.69) is 66.9 Å². The summed E-state index contributed by atoms with van der Waals surface area (Å²) in [5.74, 6) is -3.08. The van der Waals surface area contributed by atoms with Crippen molar-refractivity contribution in [1.29, 1.82) is 0 Å². The summed E-state index contributed by atoms with van der Waals surface area (Å²) in [6, 6.07) is 16.9. The molecule has 4 aromatic rings. The number of carbonyl (C=O) groups excluding carboxylic acids is 5. The maximum absolute atomic E-state index is 14.8. The number of likely N-dealkylation sites (N-methyl/N-ethyl adjacent to an activating group) is 1. The minimum atomic E-state index is -1.16. The number of likely N-dealkylation sites (tertiary alicyclic amines) is 1. The minimum absolute atomic E-state index is 0.00455. The fourth-order valence-corrected chi connectivity index (χ4v) is 10.9. The van der Waals surface area contributed by atoms with Crippen LogP contribution < -0.4 is 10.7 Å². The van der Waals surface area contributed by atoms with Crippen LogP contribution in [0, 0.1) is 17.3 Å². The van der Waals surface area contributed by atoms with Gasteiger partial charge in [0.2, 0.25) is 17.7 Å². The van der Waals surface area contributed by atoms with Gasteiger partial charge in [0.1, 0.15) is 23.9 Å². The van der Waals surface area contributed by atoms with Gasteiger partial charge in [0.15, 0.2) is 0 Å². The molecule has 4 amide bonds. The second-order valence-electron chi connectivity index (χ2n) is 19.1. The number of carbonyl (C=O) groups is 5. The Morgan fingerprint density at radius 3 is 2.55 bits per heavy atom. The van der Waals surface area contributed by atoms with Crippen LogP contribution in [0.2, 0.25) is 0 Å². The van der Waals surface area contributed by atoms with Gasteiger partial charge in [0, 0.05) is 74.6 Å². The molecule has 14 heteroatoms. The molecular formula is C51H62N6O8. The van der Waals surface area contributed by atoms with E-state index in [1.165, 1.54) is 16.0 Å². The van der Waals surface area contributed by atoms with Gasteiger partial charge in [-0.15, -0.1) is 0 Å². The van der Waals surface area contributed by atoms with Gasteiger partial charge in [-0.2, -0.15) is 0 Å². The zero-order valence-corrected chi connectivity index (χ0v) is 38.6. The standard InChI is InChI=1S/C51H62N6O8/c1-9-41(59)55-21-19-32(27-55)48(61)54(7)44(29(3)4)47(60)52-39-24-30-22-33(25-34(58)23-30)31-17-18-40-37(26-31)42-43(46(64-8)36-15-12-11-14-35(36)45(42)56(40)10-2)51(5,6)28-65-50(63)38-16-13-20-57(53-38)49(39)62/h9,11-12,14-15,17-18,22-23,25-26,29,32,38-39,43-44,46,53,58H,1,10,13,16,19-21,24,27-28H2,2-8H3,(H,52,60)/t32-,38-,39-,43?,44-,46+/m0/s1. The molecule has 1 unspecified atom stereocenters. The number of aryl methyl sites for hydroxylation is 1. The Kier molecular flexibility index (Phi) is 12.7. The lowest BCUT2D eigenvalue weighted by Crippen LogP contribution is -2.62. The van der Waals surface area contributed by atoms with Crippen LogP contribution in [0.25, 0.3) is 33.3 Å². The molecule has 4 aliphatic rings. The van der Waals surface area contributed by atoms with Crippen molar-refractivity contribution in [1.82, 2.24) is 30.1 Å². The van der Waals surface area contributed by atoms with Crippen molar-refractivity contribution in [2.75, 3.05) is 40.4 Å². The number of ether oxygens (including phenoxy) is 2. The van der Waals surface area contributed by atoms with E-state index in [-0.39, 0.29) is 61.6 Å². The van der Waals surface area contributed by atoms with Crippen molar-refractivity contribution in [3.8, 4) is 28.1 Å². The average molecular weight is 887 g/mol. The van der Waals surface area contributed by atoms with Gasteiger partial charge in [-0.05, 0) is 90.3 Å². The number of benzene rings is 3.